The van der Waals surface area contributed by atoms with E-state index in [1.807, 2.05) is 6.07 Å². The summed E-state index contributed by atoms with van der Waals surface area (Å²) in [6.07, 6.45) is -0.704. The summed E-state index contributed by atoms with van der Waals surface area (Å²) in [6, 6.07) is 8.97. The van der Waals surface area contributed by atoms with Gasteiger partial charge in [0.05, 0.1) is 6.54 Å². The topological polar surface area (TPSA) is 72.6 Å². The van der Waals surface area contributed by atoms with Crippen molar-refractivity contribution in [2.75, 3.05) is 18.0 Å². The number of carbonyl (C=O) groups excluding carboxylic acids is 2. The molecule has 0 atom stereocenters. The fraction of sp³-hybridized carbons (Fsp3) is 0.273. The zero-order valence-electron chi connectivity index (χ0n) is 9.05. The van der Waals surface area contributed by atoms with Crippen LogP contribution in [0.1, 0.15) is 6.92 Å². The van der Waals surface area contributed by atoms with Gasteiger partial charge in [-0.15, -0.1) is 0 Å². The zero-order chi connectivity index (χ0) is 12.0. The molecule has 5 nitrogen and oxygen atoms in total. The summed E-state index contributed by atoms with van der Waals surface area (Å²) in [5.41, 5.74) is 5.74. The van der Waals surface area contributed by atoms with E-state index in [0.29, 0.717) is 12.2 Å². The van der Waals surface area contributed by atoms with Crippen molar-refractivity contribution < 1.29 is 14.3 Å². The fourth-order valence-electron chi connectivity index (χ4n) is 1.22. The molecule has 2 N–H and O–H groups in total. The molecule has 5 heteroatoms. The first kappa shape index (κ1) is 12.2. The van der Waals surface area contributed by atoms with Crippen molar-refractivity contribution in [2.45, 2.75) is 6.92 Å². The summed E-state index contributed by atoms with van der Waals surface area (Å²) in [4.78, 5) is 23.8. The molecule has 0 saturated heterocycles. The summed E-state index contributed by atoms with van der Waals surface area (Å²) in [7, 11) is 0. The maximum Gasteiger partial charge on any atom is 0.422 e. The SMILES string of the molecule is CCN(C(=O)OC(=O)CN)c1ccccc1. The molecule has 0 fully saturated rings. The third kappa shape index (κ3) is 3.06. The minimum absolute atomic E-state index is 0.307. The summed E-state index contributed by atoms with van der Waals surface area (Å²) in [6.45, 7) is 1.90. The maximum atomic E-state index is 11.6. The van der Waals surface area contributed by atoms with Gasteiger partial charge in [-0.1, -0.05) is 18.2 Å². The Labute approximate surface area is 93.8 Å². The molecule has 0 aliphatic rings. The second-order valence-electron chi connectivity index (χ2n) is 3.02. The van der Waals surface area contributed by atoms with Crippen LogP contribution in [0.25, 0.3) is 0 Å². The predicted molar refractivity (Wildman–Crippen MR) is 60.0 cm³/mol. The number of benzene rings is 1. The third-order valence-corrected chi connectivity index (χ3v) is 1.97. The minimum Gasteiger partial charge on any atom is -0.375 e. The standard InChI is InChI=1S/C11H14N2O3/c1-2-13(9-6-4-3-5-7-9)11(15)16-10(14)8-12/h3-7H,2,8,12H2,1H3. The predicted octanol–water partition coefficient (Wildman–Crippen LogP) is 1.13. The molecule has 16 heavy (non-hydrogen) atoms. The Morgan fingerprint density at radius 3 is 2.44 bits per heavy atom. The molecule has 0 aliphatic heterocycles. The van der Waals surface area contributed by atoms with E-state index in [4.69, 9.17) is 5.73 Å². The lowest BCUT2D eigenvalue weighted by molar-refractivity contribution is -0.135. The van der Waals surface area contributed by atoms with Gasteiger partial charge in [0.15, 0.2) is 0 Å². The van der Waals surface area contributed by atoms with Gasteiger partial charge in [0, 0.05) is 12.2 Å². The van der Waals surface area contributed by atoms with E-state index in [-0.39, 0.29) is 6.54 Å². The molecule has 0 unspecified atom stereocenters. The molecule has 86 valence electrons. The molecular formula is C11H14N2O3. The third-order valence-electron chi connectivity index (χ3n) is 1.97. The number of rotatable bonds is 3. The lowest BCUT2D eigenvalue weighted by Gasteiger charge is -2.19. The molecule has 1 aromatic rings. The summed E-state index contributed by atoms with van der Waals surface area (Å²) >= 11 is 0. The highest BCUT2D eigenvalue weighted by atomic mass is 16.6. The van der Waals surface area contributed by atoms with Gasteiger partial charge in [0.1, 0.15) is 0 Å². The smallest absolute Gasteiger partial charge is 0.375 e. The maximum absolute atomic E-state index is 11.6. The van der Waals surface area contributed by atoms with E-state index in [1.54, 1.807) is 31.2 Å². The lowest BCUT2D eigenvalue weighted by atomic mass is 10.3. The highest BCUT2D eigenvalue weighted by Gasteiger charge is 2.17. The van der Waals surface area contributed by atoms with Gasteiger partial charge < -0.3 is 10.5 Å². The van der Waals surface area contributed by atoms with E-state index < -0.39 is 12.1 Å². The van der Waals surface area contributed by atoms with Gasteiger partial charge in [0.2, 0.25) is 0 Å². The number of para-hydroxylation sites is 1. The van der Waals surface area contributed by atoms with E-state index in [0.717, 1.165) is 0 Å². The minimum atomic E-state index is -0.737. The van der Waals surface area contributed by atoms with Crippen LogP contribution in [0.2, 0.25) is 0 Å². The molecule has 1 rings (SSSR count). The van der Waals surface area contributed by atoms with Gasteiger partial charge >= 0.3 is 12.1 Å². The molecule has 1 aromatic carbocycles. The number of esters is 1. The van der Waals surface area contributed by atoms with E-state index >= 15 is 0 Å². The number of ether oxygens (including phenoxy) is 1. The Balaban J connectivity index is 2.75. The van der Waals surface area contributed by atoms with Crippen molar-refractivity contribution in [3.63, 3.8) is 0 Å². The van der Waals surface area contributed by atoms with Crippen molar-refractivity contribution >= 4 is 17.7 Å². The Hall–Kier alpha value is -1.88. The van der Waals surface area contributed by atoms with Crippen LogP contribution < -0.4 is 10.6 Å². The Bertz CT molecular complexity index is 365. The molecule has 0 heterocycles. The number of nitrogens with zero attached hydrogens (tertiary/aromatic N) is 1. The fourth-order valence-corrected chi connectivity index (χ4v) is 1.22. The largest absolute Gasteiger partial charge is 0.422 e. The Morgan fingerprint density at radius 2 is 1.94 bits per heavy atom. The zero-order valence-corrected chi connectivity index (χ0v) is 9.05. The first-order valence-corrected chi connectivity index (χ1v) is 4.96. The molecular weight excluding hydrogens is 208 g/mol. The first-order valence-electron chi connectivity index (χ1n) is 4.96. The molecule has 1 amide bonds. The second kappa shape index (κ2) is 5.87. The van der Waals surface area contributed by atoms with Crippen LogP contribution in [0.4, 0.5) is 10.5 Å². The molecule has 0 aromatic heterocycles. The molecule has 0 bridgehead atoms. The highest BCUT2D eigenvalue weighted by molar-refractivity contribution is 5.95. The molecule has 0 saturated carbocycles. The van der Waals surface area contributed by atoms with Crippen molar-refractivity contribution in [1.29, 1.82) is 0 Å². The first-order chi connectivity index (χ1) is 7.69. The van der Waals surface area contributed by atoms with Crippen LogP contribution in [0.5, 0.6) is 0 Å². The monoisotopic (exact) mass is 222 g/mol. The number of nitrogens with two attached hydrogens (primary N) is 1. The van der Waals surface area contributed by atoms with E-state index in [2.05, 4.69) is 4.74 Å². The van der Waals surface area contributed by atoms with Crippen LogP contribution in [-0.4, -0.2) is 25.2 Å². The van der Waals surface area contributed by atoms with Crippen molar-refractivity contribution in [3.05, 3.63) is 30.3 Å². The van der Waals surface area contributed by atoms with Gasteiger partial charge in [0.25, 0.3) is 0 Å². The Kier molecular flexibility index (Phi) is 4.47. The van der Waals surface area contributed by atoms with Crippen molar-refractivity contribution in [3.8, 4) is 0 Å². The average molecular weight is 222 g/mol. The van der Waals surface area contributed by atoms with Crippen LogP contribution in [0.3, 0.4) is 0 Å². The van der Waals surface area contributed by atoms with Crippen LogP contribution in [-0.2, 0) is 9.53 Å². The highest BCUT2D eigenvalue weighted by Crippen LogP contribution is 2.13. The van der Waals surface area contributed by atoms with E-state index in [9.17, 15) is 9.59 Å². The number of carbonyl (C=O) groups is 2. The van der Waals surface area contributed by atoms with Crippen molar-refractivity contribution in [1.82, 2.24) is 0 Å². The van der Waals surface area contributed by atoms with Crippen LogP contribution in [0, 0.1) is 0 Å². The summed E-state index contributed by atoms with van der Waals surface area (Å²) in [5, 5.41) is 0. The number of hydrogen-bond acceptors (Lipinski definition) is 4. The second-order valence-corrected chi connectivity index (χ2v) is 3.02. The number of anilines is 1. The van der Waals surface area contributed by atoms with Crippen LogP contribution >= 0.6 is 0 Å². The van der Waals surface area contributed by atoms with E-state index in [1.165, 1.54) is 4.90 Å². The summed E-state index contributed by atoms with van der Waals surface area (Å²) in [5.74, 6) is -0.737. The van der Waals surface area contributed by atoms with Gasteiger partial charge in [-0.05, 0) is 19.1 Å². The molecule has 0 radical (unpaired) electrons. The van der Waals surface area contributed by atoms with Gasteiger partial charge in [-0.2, -0.15) is 0 Å². The van der Waals surface area contributed by atoms with Crippen molar-refractivity contribution in [2.24, 2.45) is 5.73 Å². The van der Waals surface area contributed by atoms with Crippen LogP contribution in [0.15, 0.2) is 30.3 Å². The quantitative estimate of drug-likeness (QED) is 0.614. The number of amides is 1. The lowest BCUT2D eigenvalue weighted by Crippen LogP contribution is -2.34. The Morgan fingerprint density at radius 1 is 1.31 bits per heavy atom. The average Bonchev–Trinajstić information content (AvgIpc) is 2.31. The normalized spacial score (nSPS) is 9.62. The van der Waals surface area contributed by atoms with Gasteiger partial charge in [-0.3, -0.25) is 9.69 Å². The van der Waals surface area contributed by atoms with Gasteiger partial charge in [-0.25, -0.2) is 4.79 Å². The molecule has 0 aliphatic carbocycles. The number of hydrogen-bond donors (Lipinski definition) is 1. The molecule has 0 spiro atoms. The summed E-state index contributed by atoms with van der Waals surface area (Å²) < 4.78 is 4.53.